The number of hydrogen-bond acceptors (Lipinski definition) is 2. The Morgan fingerprint density at radius 3 is 2.74 bits per heavy atom. The number of aryl methyl sites for hydroxylation is 1. The molecule has 1 N–H and O–H groups in total. The first-order chi connectivity index (χ1) is 8.83. The quantitative estimate of drug-likeness (QED) is 0.939. The monoisotopic (exact) mass is 279 g/mol. The van der Waals surface area contributed by atoms with Crippen molar-refractivity contribution in [2.75, 3.05) is 13.1 Å². The van der Waals surface area contributed by atoms with E-state index in [0.717, 1.165) is 42.8 Å². The molecular weight excluding hydrogens is 262 g/mol. The van der Waals surface area contributed by atoms with Crippen LogP contribution in [-0.2, 0) is 11.2 Å². The highest BCUT2D eigenvalue weighted by atomic mass is 35.5. The lowest BCUT2D eigenvalue weighted by Crippen LogP contribution is -2.27. The number of aromatic amines is 1. The van der Waals surface area contributed by atoms with Crippen LogP contribution in [0.3, 0.4) is 0 Å². The number of nitrogens with one attached hydrogen (secondary N) is 1. The molecule has 0 saturated carbocycles. The third kappa shape index (κ3) is 3.07. The molecule has 0 bridgehead atoms. The molecule has 3 rings (SSSR count). The van der Waals surface area contributed by atoms with Crippen LogP contribution in [0, 0.1) is 0 Å². The van der Waals surface area contributed by atoms with Crippen LogP contribution in [0.4, 0.5) is 0 Å². The molecule has 19 heavy (non-hydrogen) atoms. The van der Waals surface area contributed by atoms with Crippen LogP contribution in [0.2, 0.25) is 0 Å². The van der Waals surface area contributed by atoms with Gasteiger partial charge in [-0.3, -0.25) is 4.79 Å². The molecule has 2 aromatic rings. The molecule has 1 aliphatic heterocycles. The van der Waals surface area contributed by atoms with Gasteiger partial charge in [0, 0.05) is 25.9 Å². The van der Waals surface area contributed by atoms with Gasteiger partial charge in [0.25, 0.3) is 0 Å². The van der Waals surface area contributed by atoms with Gasteiger partial charge in [0.15, 0.2) is 0 Å². The van der Waals surface area contributed by atoms with Crippen molar-refractivity contribution < 1.29 is 4.79 Å². The van der Waals surface area contributed by atoms with Gasteiger partial charge in [-0.2, -0.15) is 0 Å². The number of carbonyl (C=O) groups is 1. The van der Waals surface area contributed by atoms with Gasteiger partial charge < -0.3 is 9.88 Å². The van der Waals surface area contributed by atoms with Crippen LogP contribution in [0.25, 0.3) is 11.0 Å². The van der Waals surface area contributed by atoms with E-state index >= 15 is 0 Å². The average molecular weight is 280 g/mol. The molecule has 4 nitrogen and oxygen atoms in total. The number of para-hydroxylation sites is 2. The number of fused-ring (bicyclic) bond motifs is 1. The number of imidazole rings is 1. The normalized spacial score (nSPS) is 14.6. The fraction of sp³-hybridized carbons (Fsp3) is 0.429. The number of H-pyrrole nitrogens is 1. The van der Waals surface area contributed by atoms with E-state index in [0.29, 0.717) is 12.8 Å². The van der Waals surface area contributed by atoms with Crippen LogP contribution in [0.5, 0.6) is 0 Å². The summed E-state index contributed by atoms with van der Waals surface area (Å²) in [5, 5.41) is 0. The molecule has 1 saturated heterocycles. The van der Waals surface area contributed by atoms with Crippen LogP contribution in [0.15, 0.2) is 24.3 Å². The van der Waals surface area contributed by atoms with Crippen molar-refractivity contribution in [1.29, 1.82) is 0 Å². The van der Waals surface area contributed by atoms with E-state index in [9.17, 15) is 4.79 Å². The highest BCUT2D eigenvalue weighted by molar-refractivity contribution is 5.85. The molecule has 102 valence electrons. The summed E-state index contributed by atoms with van der Waals surface area (Å²) in [6.07, 6.45) is 3.55. The van der Waals surface area contributed by atoms with E-state index in [-0.39, 0.29) is 18.3 Å². The zero-order chi connectivity index (χ0) is 12.4. The molecule has 0 atom stereocenters. The Hall–Kier alpha value is -1.55. The summed E-state index contributed by atoms with van der Waals surface area (Å²) >= 11 is 0. The zero-order valence-electron chi connectivity index (χ0n) is 10.8. The predicted octanol–water partition coefficient (Wildman–Crippen LogP) is 2.54. The van der Waals surface area contributed by atoms with E-state index in [4.69, 9.17) is 0 Å². The number of nitrogens with zero attached hydrogens (tertiary/aromatic N) is 2. The minimum Gasteiger partial charge on any atom is -0.343 e. The lowest BCUT2D eigenvalue weighted by atomic mass is 10.2. The highest BCUT2D eigenvalue weighted by Crippen LogP contribution is 2.13. The number of benzene rings is 1. The van der Waals surface area contributed by atoms with Gasteiger partial charge in [0.2, 0.25) is 5.91 Å². The third-order valence-corrected chi connectivity index (χ3v) is 3.47. The van der Waals surface area contributed by atoms with Gasteiger partial charge in [-0.05, 0) is 25.0 Å². The Bertz CT molecular complexity index is 528. The molecule has 1 fully saturated rings. The second-order valence-corrected chi connectivity index (χ2v) is 4.79. The second-order valence-electron chi connectivity index (χ2n) is 4.79. The van der Waals surface area contributed by atoms with Crippen molar-refractivity contribution in [2.45, 2.75) is 25.7 Å². The molecule has 0 unspecified atom stereocenters. The summed E-state index contributed by atoms with van der Waals surface area (Å²) in [4.78, 5) is 21.6. The third-order valence-electron chi connectivity index (χ3n) is 3.47. The van der Waals surface area contributed by atoms with Gasteiger partial charge in [0.1, 0.15) is 5.82 Å². The van der Waals surface area contributed by atoms with Crippen molar-refractivity contribution >= 4 is 29.3 Å². The summed E-state index contributed by atoms with van der Waals surface area (Å²) in [6.45, 7) is 1.86. The summed E-state index contributed by atoms with van der Waals surface area (Å²) in [6, 6.07) is 7.95. The van der Waals surface area contributed by atoms with Crippen LogP contribution in [0.1, 0.15) is 25.1 Å². The smallest absolute Gasteiger partial charge is 0.223 e. The number of rotatable bonds is 3. The van der Waals surface area contributed by atoms with Gasteiger partial charge in [-0.1, -0.05) is 12.1 Å². The minimum atomic E-state index is 0. The maximum absolute atomic E-state index is 11.9. The summed E-state index contributed by atoms with van der Waals surface area (Å²) < 4.78 is 0. The average Bonchev–Trinajstić information content (AvgIpc) is 3.04. The maximum Gasteiger partial charge on any atom is 0.223 e. The number of aromatic nitrogens is 2. The van der Waals surface area contributed by atoms with Crippen molar-refractivity contribution in [3.63, 3.8) is 0 Å². The Morgan fingerprint density at radius 2 is 2.00 bits per heavy atom. The second kappa shape index (κ2) is 6.06. The molecule has 0 radical (unpaired) electrons. The Morgan fingerprint density at radius 1 is 1.26 bits per heavy atom. The molecule has 1 aromatic heterocycles. The number of amides is 1. The number of halogens is 1. The topological polar surface area (TPSA) is 49.0 Å². The lowest BCUT2D eigenvalue weighted by molar-refractivity contribution is -0.130. The first kappa shape index (κ1) is 13.9. The van der Waals surface area contributed by atoms with Gasteiger partial charge in [-0.25, -0.2) is 4.98 Å². The predicted molar refractivity (Wildman–Crippen MR) is 77.5 cm³/mol. The minimum absolute atomic E-state index is 0. The molecule has 1 aliphatic rings. The van der Waals surface area contributed by atoms with E-state index in [1.807, 2.05) is 29.2 Å². The fourth-order valence-corrected chi connectivity index (χ4v) is 2.47. The summed E-state index contributed by atoms with van der Waals surface area (Å²) in [5.74, 6) is 1.16. The zero-order valence-corrected chi connectivity index (χ0v) is 11.6. The number of likely N-dealkylation sites (tertiary alicyclic amines) is 1. The first-order valence-corrected chi connectivity index (χ1v) is 6.54. The highest BCUT2D eigenvalue weighted by Gasteiger charge is 2.17. The van der Waals surface area contributed by atoms with Gasteiger partial charge in [0.05, 0.1) is 11.0 Å². The van der Waals surface area contributed by atoms with Gasteiger partial charge in [-0.15, -0.1) is 12.4 Å². The fourth-order valence-electron chi connectivity index (χ4n) is 2.47. The van der Waals surface area contributed by atoms with E-state index in [1.54, 1.807) is 0 Å². The van der Waals surface area contributed by atoms with E-state index in [1.165, 1.54) is 0 Å². The van der Waals surface area contributed by atoms with Crippen molar-refractivity contribution in [1.82, 2.24) is 14.9 Å². The Labute approximate surface area is 118 Å². The molecule has 2 heterocycles. The molecule has 0 spiro atoms. The summed E-state index contributed by atoms with van der Waals surface area (Å²) in [5.41, 5.74) is 2.02. The van der Waals surface area contributed by atoms with Crippen LogP contribution in [-0.4, -0.2) is 33.9 Å². The van der Waals surface area contributed by atoms with Crippen molar-refractivity contribution in [3.8, 4) is 0 Å². The lowest BCUT2D eigenvalue weighted by Gasteiger charge is -2.14. The molecule has 1 amide bonds. The van der Waals surface area contributed by atoms with Crippen molar-refractivity contribution in [2.24, 2.45) is 0 Å². The number of hydrogen-bond donors (Lipinski definition) is 1. The van der Waals surface area contributed by atoms with E-state index < -0.39 is 0 Å². The Balaban J connectivity index is 0.00000133. The van der Waals surface area contributed by atoms with Crippen LogP contribution >= 0.6 is 12.4 Å². The maximum atomic E-state index is 11.9. The molecule has 1 aromatic carbocycles. The number of carbonyl (C=O) groups excluding carboxylic acids is 1. The van der Waals surface area contributed by atoms with Crippen LogP contribution < -0.4 is 0 Å². The molecule has 0 aliphatic carbocycles. The summed E-state index contributed by atoms with van der Waals surface area (Å²) in [7, 11) is 0. The molecule has 5 heteroatoms. The first-order valence-electron chi connectivity index (χ1n) is 6.54. The van der Waals surface area contributed by atoms with Gasteiger partial charge >= 0.3 is 0 Å². The molecular formula is C14H18ClN3O. The van der Waals surface area contributed by atoms with E-state index in [2.05, 4.69) is 9.97 Å². The van der Waals surface area contributed by atoms with Crippen molar-refractivity contribution in [3.05, 3.63) is 30.1 Å². The standard InChI is InChI=1S/C14H17N3O.ClH/c18-14(17-9-3-4-10-17)8-7-13-15-11-5-1-2-6-12(11)16-13;/h1-2,5-6H,3-4,7-10H2,(H,15,16);1H. The Kier molecular flexibility index (Phi) is 4.43. The largest absolute Gasteiger partial charge is 0.343 e. The SMILES string of the molecule is Cl.O=C(CCc1nc2ccccc2[nH]1)N1CCCC1.